The average Bonchev–Trinajstić information content (AvgIpc) is 2.97. The second kappa shape index (κ2) is 6.00. The summed E-state index contributed by atoms with van der Waals surface area (Å²) in [6, 6.07) is 0.612. The first-order valence-electron chi connectivity index (χ1n) is 7.79. The van der Waals surface area contributed by atoms with E-state index in [9.17, 15) is 15.0 Å². The quantitative estimate of drug-likeness (QED) is 0.588. The van der Waals surface area contributed by atoms with Crippen LogP contribution in [0.15, 0.2) is 0 Å². The number of nitrogens with one attached hydrogen (secondary N) is 1. The highest BCUT2D eigenvalue weighted by Crippen LogP contribution is 2.25. The number of hydrogen-bond donors (Lipinski definition) is 3. The minimum absolute atomic E-state index is 0.370. The van der Waals surface area contributed by atoms with Gasteiger partial charge in [-0.25, -0.2) is 4.79 Å². The van der Waals surface area contributed by atoms with Gasteiger partial charge in [0.25, 0.3) is 0 Å². The monoisotopic (exact) mass is 286 g/mol. The summed E-state index contributed by atoms with van der Waals surface area (Å²) in [7, 11) is 0. The first kappa shape index (κ1) is 15.7. The highest BCUT2D eigenvalue weighted by molar-refractivity contribution is 5.80. The molecule has 1 unspecified atom stereocenters. The van der Waals surface area contributed by atoms with Crippen molar-refractivity contribution in [2.75, 3.05) is 19.7 Å². The van der Waals surface area contributed by atoms with Crippen LogP contribution in [0.4, 0.5) is 0 Å². The van der Waals surface area contributed by atoms with Gasteiger partial charge in [-0.1, -0.05) is 13.8 Å². The Morgan fingerprint density at radius 1 is 1.35 bits per heavy atom. The molecular formula is C15H28NO4+. The lowest BCUT2D eigenvalue weighted by molar-refractivity contribution is -0.900. The Morgan fingerprint density at radius 3 is 2.65 bits per heavy atom. The number of aliphatic hydroxyl groups excluding tert-OH is 1. The second-order valence-electron chi connectivity index (χ2n) is 6.71. The molecule has 0 aromatic carbocycles. The van der Waals surface area contributed by atoms with Crippen LogP contribution < -0.4 is 4.90 Å². The molecule has 116 valence electrons. The Bertz CT molecular complexity index is 348. The molecule has 2 saturated heterocycles. The number of carbonyl (C=O) groups excluding carboxylic acids is 1. The van der Waals surface area contributed by atoms with Gasteiger partial charge in [0.2, 0.25) is 0 Å². The first-order chi connectivity index (χ1) is 9.37. The number of esters is 1. The molecule has 2 rings (SSSR count). The number of aliphatic hydroxyl groups is 2. The maximum atomic E-state index is 12.2. The van der Waals surface area contributed by atoms with E-state index in [1.165, 1.54) is 26.3 Å². The molecular weight excluding hydrogens is 258 g/mol. The van der Waals surface area contributed by atoms with Crippen LogP contribution in [-0.2, 0) is 9.53 Å². The minimum atomic E-state index is -1.80. The fraction of sp³-hybridized carbons (Fsp3) is 0.933. The predicted octanol–water partition coefficient (Wildman–Crippen LogP) is -0.635. The molecule has 0 spiro atoms. The molecule has 20 heavy (non-hydrogen) atoms. The molecule has 3 N–H and O–H groups in total. The summed E-state index contributed by atoms with van der Waals surface area (Å²) in [5.74, 6) is -0.664. The van der Waals surface area contributed by atoms with Crippen molar-refractivity contribution >= 4 is 5.97 Å². The number of rotatable bonds is 5. The van der Waals surface area contributed by atoms with Crippen molar-refractivity contribution in [3.8, 4) is 0 Å². The summed E-state index contributed by atoms with van der Waals surface area (Å²) in [5, 5.41) is 20.1. The van der Waals surface area contributed by atoms with Crippen molar-refractivity contribution in [2.24, 2.45) is 11.8 Å². The van der Waals surface area contributed by atoms with Crippen LogP contribution in [-0.4, -0.2) is 53.6 Å². The average molecular weight is 286 g/mol. The summed E-state index contributed by atoms with van der Waals surface area (Å²) in [6.07, 6.45) is 2.42. The maximum absolute atomic E-state index is 12.2. The lowest BCUT2D eigenvalue weighted by Gasteiger charge is -2.32. The lowest BCUT2D eigenvalue weighted by Crippen LogP contribution is -3.11. The van der Waals surface area contributed by atoms with Crippen molar-refractivity contribution in [1.82, 2.24) is 0 Å². The van der Waals surface area contributed by atoms with Crippen molar-refractivity contribution < 1.29 is 24.6 Å². The van der Waals surface area contributed by atoms with Gasteiger partial charge in [0.1, 0.15) is 6.61 Å². The number of carbonyl (C=O) groups is 1. The highest BCUT2D eigenvalue weighted by Gasteiger charge is 2.47. The summed E-state index contributed by atoms with van der Waals surface area (Å²) in [5.41, 5.74) is -1.80. The third-order valence-electron chi connectivity index (χ3n) is 5.22. The third-order valence-corrected chi connectivity index (χ3v) is 5.22. The van der Waals surface area contributed by atoms with Crippen molar-refractivity contribution in [3.05, 3.63) is 0 Å². The second-order valence-corrected chi connectivity index (χ2v) is 6.71. The van der Waals surface area contributed by atoms with Crippen molar-refractivity contribution in [3.63, 3.8) is 0 Å². The molecule has 0 aliphatic carbocycles. The molecule has 5 heteroatoms. The molecule has 0 amide bonds. The molecule has 0 aromatic heterocycles. The van der Waals surface area contributed by atoms with Gasteiger partial charge >= 0.3 is 5.97 Å². The van der Waals surface area contributed by atoms with Crippen molar-refractivity contribution in [2.45, 2.75) is 57.8 Å². The van der Waals surface area contributed by atoms with Gasteiger partial charge < -0.3 is 19.8 Å². The molecule has 0 bridgehead atoms. The van der Waals surface area contributed by atoms with E-state index in [2.05, 4.69) is 0 Å². The van der Waals surface area contributed by atoms with Gasteiger partial charge in [0.15, 0.2) is 5.60 Å². The Balaban J connectivity index is 1.91. The predicted molar refractivity (Wildman–Crippen MR) is 74.3 cm³/mol. The van der Waals surface area contributed by atoms with E-state index < -0.39 is 17.7 Å². The summed E-state index contributed by atoms with van der Waals surface area (Å²) < 4.78 is 5.36. The van der Waals surface area contributed by atoms with E-state index in [0.29, 0.717) is 18.6 Å². The smallest absolute Gasteiger partial charge is 0.341 e. The van der Waals surface area contributed by atoms with Crippen LogP contribution in [0.1, 0.15) is 40.0 Å². The minimum Gasteiger partial charge on any atom is -0.463 e. The summed E-state index contributed by atoms with van der Waals surface area (Å²) in [4.78, 5) is 13.8. The van der Waals surface area contributed by atoms with Crippen LogP contribution >= 0.6 is 0 Å². The molecule has 2 fully saturated rings. The molecule has 5 atom stereocenters. The molecule has 0 aromatic rings. The zero-order valence-electron chi connectivity index (χ0n) is 12.8. The summed E-state index contributed by atoms with van der Waals surface area (Å²) >= 11 is 0. The van der Waals surface area contributed by atoms with E-state index in [0.717, 1.165) is 13.0 Å². The van der Waals surface area contributed by atoms with E-state index in [1.54, 1.807) is 18.7 Å². The Kier molecular flexibility index (Phi) is 4.72. The van der Waals surface area contributed by atoms with Gasteiger partial charge in [-0.3, -0.25) is 0 Å². The summed E-state index contributed by atoms with van der Waals surface area (Å²) in [6.45, 7) is 7.63. The van der Waals surface area contributed by atoms with Gasteiger partial charge in [0, 0.05) is 19.3 Å². The Hall–Kier alpha value is -0.650. The molecule has 0 radical (unpaired) electrons. The molecule has 5 nitrogen and oxygen atoms in total. The number of quaternary nitrogens is 1. The van der Waals surface area contributed by atoms with Gasteiger partial charge in [-0.2, -0.15) is 0 Å². The van der Waals surface area contributed by atoms with Crippen LogP contribution in [0.25, 0.3) is 0 Å². The maximum Gasteiger partial charge on any atom is 0.341 e. The van der Waals surface area contributed by atoms with E-state index in [4.69, 9.17) is 4.74 Å². The Labute approximate surface area is 120 Å². The molecule has 2 aliphatic heterocycles. The normalized spacial score (nSPS) is 33.8. The zero-order chi connectivity index (χ0) is 14.9. The lowest BCUT2D eigenvalue weighted by atomic mass is 9.85. The fourth-order valence-electron chi connectivity index (χ4n) is 3.78. The number of hydrogen-bond acceptors (Lipinski definition) is 4. The standard InChI is InChI=1S/C15H27NO4/c1-10(2)15(19,11(3)17)14(18)20-9-12-6-8-16-7-4-5-13(12)16/h10-13,17,19H,4-9H2,1-3H3/p+1/t11-,12-,13-,15-/m0/s1. The van der Waals surface area contributed by atoms with Crippen LogP contribution in [0.3, 0.4) is 0 Å². The SMILES string of the molecule is CC(C)[C@@](O)(C(=O)OC[C@@H]1CC[NH+]2CCC[C@@H]12)[C@H](C)O. The van der Waals surface area contributed by atoms with Gasteiger partial charge in [0.05, 0.1) is 31.2 Å². The largest absolute Gasteiger partial charge is 0.463 e. The van der Waals surface area contributed by atoms with Crippen LogP contribution in [0.5, 0.6) is 0 Å². The van der Waals surface area contributed by atoms with E-state index >= 15 is 0 Å². The van der Waals surface area contributed by atoms with E-state index in [-0.39, 0.29) is 5.92 Å². The van der Waals surface area contributed by atoms with Crippen molar-refractivity contribution in [1.29, 1.82) is 0 Å². The van der Waals surface area contributed by atoms with E-state index in [1.807, 2.05) is 0 Å². The van der Waals surface area contributed by atoms with Gasteiger partial charge in [-0.15, -0.1) is 0 Å². The molecule has 2 heterocycles. The third kappa shape index (κ3) is 2.71. The van der Waals surface area contributed by atoms with Crippen LogP contribution in [0.2, 0.25) is 0 Å². The molecule has 2 aliphatic rings. The number of fused-ring (bicyclic) bond motifs is 1. The topological polar surface area (TPSA) is 71.2 Å². The van der Waals surface area contributed by atoms with Crippen LogP contribution in [0, 0.1) is 11.8 Å². The van der Waals surface area contributed by atoms with Gasteiger partial charge in [-0.05, 0) is 12.8 Å². The zero-order valence-corrected chi connectivity index (χ0v) is 12.8. The first-order valence-corrected chi connectivity index (χ1v) is 7.79. The highest BCUT2D eigenvalue weighted by atomic mass is 16.6. The molecule has 0 saturated carbocycles. The fourth-order valence-corrected chi connectivity index (χ4v) is 3.78. The Morgan fingerprint density at radius 2 is 2.05 bits per heavy atom. The number of ether oxygens (including phenoxy) is 1.